The maximum Gasteiger partial charge on any atom is 0.141 e. The molecule has 0 aliphatic rings. The Morgan fingerprint density at radius 3 is 2.86 bits per heavy atom. The zero-order valence-electron chi connectivity index (χ0n) is 12.1. The lowest BCUT2D eigenvalue weighted by Crippen LogP contribution is -2.21. The van der Waals surface area contributed by atoms with Crippen molar-refractivity contribution in [3.63, 3.8) is 0 Å². The standard InChI is InChI=1S/C17H17FN2O/c1-3-20-17(13-7-14(18)10-19-9-13)16-8-12-6-11(2)4-5-15(12)21-16/h4-10,17,20H,3H2,1-2H3. The number of hydrogen-bond donors (Lipinski definition) is 1. The van der Waals surface area contributed by atoms with Crippen LogP contribution in [0.25, 0.3) is 11.0 Å². The highest BCUT2D eigenvalue weighted by Gasteiger charge is 2.18. The van der Waals surface area contributed by atoms with E-state index in [1.54, 1.807) is 6.20 Å². The van der Waals surface area contributed by atoms with Gasteiger partial charge in [0.1, 0.15) is 17.2 Å². The van der Waals surface area contributed by atoms with Gasteiger partial charge in [0.25, 0.3) is 0 Å². The van der Waals surface area contributed by atoms with Crippen molar-refractivity contribution in [3.8, 4) is 0 Å². The van der Waals surface area contributed by atoms with E-state index >= 15 is 0 Å². The number of benzene rings is 1. The van der Waals surface area contributed by atoms with E-state index in [0.29, 0.717) is 0 Å². The van der Waals surface area contributed by atoms with E-state index in [9.17, 15) is 4.39 Å². The van der Waals surface area contributed by atoms with Crippen LogP contribution >= 0.6 is 0 Å². The van der Waals surface area contributed by atoms with Crippen LogP contribution in [0, 0.1) is 12.7 Å². The summed E-state index contributed by atoms with van der Waals surface area (Å²) in [4.78, 5) is 3.92. The zero-order valence-corrected chi connectivity index (χ0v) is 12.1. The van der Waals surface area contributed by atoms with Crippen LogP contribution in [-0.2, 0) is 0 Å². The maximum atomic E-state index is 13.4. The Morgan fingerprint density at radius 2 is 2.10 bits per heavy atom. The molecule has 0 aliphatic carbocycles. The Labute approximate surface area is 122 Å². The summed E-state index contributed by atoms with van der Waals surface area (Å²) < 4.78 is 19.3. The number of fused-ring (bicyclic) bond motifs is 1. The summed E-state index contributed by atoms with van der Waals surface area (Å²) in [7, 11) is 0. The number of hydrogen-bond acceptors (Lipinski definition) is 3. The van der Waals surface area contributed by atoms with E-state index in [0.717, 1.165) is 28.8 Å². The molecule has 0 amide bonds. The monoisotopic (exact) mass is 284 g/mol. The summed E-state index contributed by atoms with van der Waals surface area (Å²) in [6, 6.07) is 9.34. The van der Waals surface area contributed by atoms with E-state index in [1.165, 1.54) is 17.8 Å². The molecule has 1 unspecified atom stereocenters. The molecule has 1 atom stereocenters. The Bertz CT molecular complexity index is 766. The van der Waals surface area contributed by atoms with Gasteiger partial charge in [0.2, 0.25) is 0 Å². The first kappa shape index (κ1) is 13.8. The topological polar surface area (TPSA) is 38.1 Å². The van der Waals surface area contributed by atoms with Crippen molar-refractivity contribution in [2.45, 2.75) is 19.9 Å². The molecule has 1 aromatic carbocycles. The highest BCUT2D eigenvalue weighted by Crippen LogP contribution is 2.28. The fourth-order valence-corrected chi connectivity index (χ4v) is 2.50. The van der Waals surface area contributed by atoms with Crippen molar-refractivity contribution >= 4 is 11.0 Å². The minimum Gasteiger partial charge on any atom is -0.459 e. The summed E-state index contributed by atoms with van der Waals surface area (Å²) in [6.07, 6.45) is 2.86. The Kier molecular flexibility index (Phi) is 3.71. The zero-order chi connectivity index (χ0) is 14.8. The molecule has 21 heavy (non-hydrogen) atoms. The highest BCUT2D eigenvalue weighted by atomic mass is 19.1. The second kappa shape index (κ2) is 5.66. The lowest BCUT2D eigenvalue weighted by molar-refractivity contribution is 0.474. The van der Waals surface area contributed by atoms with Crippen LogP contribution in [0.2, 0.25) is 0 Å². The molecule has 3 nitrogen and oxygen atoms in total. The van der Waals surface area contributed by atoms with Crippen LogP contribution < -0.4 is 5.32 Å². The number of furan rings is 1. The number of nitrogens with one attached hydrogen (secondary N) is 1. The third kappa shape index (κ3) is 2.81. The van der Waals surface area contributed by atoms with Crippen LogP contribution in [0.1, 0.15) is 29.9 Å². The van der Waals surface area contributed by atoms with Gasteiger partial charge in [0.05, 0.1) is 12.2 Å². The maximum absolute atomic E-state index is 13.4. The molecule has 3 aromatic rings. The molecule has 3 rings (SSSR count). The largest absolute Gasteiger partial charge is 0.459 e. The first-order valence-corrected chi connectivity index (χ1v) is 7.01. The normalized spacial score (nSPS) is 12.7. The van der Waals surface area contributed by atoms with Gasteiger partial charge in [0.15, 0.2) is 0 Å². The molecule has 2 heterocycles. The number of rotatable bonds is 4. The van der Waals surface area contributed by atoms with Gasteiger partial charge in [-0.05, 0) is 43.3 Å². The van der Waals surface area contributed by atoms with Crippen molar-refractivity contribution in [1.82, 2.24) is 10.3 Å². The van der Waals surface area contributed by atoms with Gasteiger partial charge in [0, 0.05) is 11.6 Å². The molecule has 0 bridgehead atoms. The molecule has 0 saturated heterocycles. The second-order valence-electron chi connectivity index (χ2n) is 5.12. The van der Waals surface area contributed by atoms with Gasteiger partial charge >= 0.3 is 0 Å². The molecule has 0 fully saturated rings. The van der Waals surface area contributed by atoms with Gasteiger partial charge in [-0.2, -0.15) is 0 Å². The second-order valence-corrected chi connectivity index (χ2v) is 5.12. The number of aryl methyl sites for hydroxylation is 1. The fourth-order valence-electron chi connectivity index (χ4n) is 2.50. The average Bonchev–Trinajstić information content (AvgIpc) is 2.87. The van der Waals surface area contributed by atoms with Crippen molar-refractivity contribution in [2.75, 3.05) is 6.54 Å². The van der Waals surface area contributed by atoms with Gasteiger partial charge < -0.3 is 9.73 Å². The van der Waals surface area contributed by atoms with E-state index in [4.69, 9.17) is 4.42 Å². The average molecular weight is 284 g/mol. The predicted octanol–water partition coefficient (Wildman–Crippen LogP) is 3.97. The SMILES string of the molecule is CCNC(c1cncc(F)c1)c1cc2cc(C)ccc2o1. The van der Waals surface area contributed by atoms with Crippen LogP contribution in [0.5, 0.6) is 0 Å². The third-order valence-electron chi connectivity index (χ3n) is 3.44. The number of nitrogens with zero attached hydrogens (tertiary/aromatic N) is 1. The molecule has 2 aromatic heterocycles. The minimum atomic E-state index is -0.345. The van der Waals surface area contributed by atoms with Gasteiger partial charge in [-0.1, -0.05) is 18.6 Å². The molecule has 0 aliphatic heterocycles. The summed E-state index contributed by atoms with van der Waals surface area (Å²) in [5, 5.41) is 4.37. The molecule has 0 radical (unpaired) electrons. The summed E-state index contributed by atoms with van der Waals surface area (Å²) >= 11 is 0. The summed E-state index contributed by atoms with van der Waals surface area (Å²) in [5.74, 6) is 0.423. The van der Waals surface area contributed by atoms with E-state index < -0.39 is 0 Å². The Balaban J connectivity index is 2.06. The lowest BCUT2D eigenvalue weighted by Gasteiger charge is -2.15. The van der Waals surface area contributed by atoms with E-state index in [2.05, 4.69) is 16.4 Å². The summed E-state index contributed by atoms with van der Waals surface area (Å²) in [6.45, 7) is 4.80. The van der Waals surface area contributed by atoms with Crippen molar-refractivity contribution in [3.05, 3.63) is 65.4 Å². The van der Waals surface area contributed by atoms with Crippen molar-refractivity contribution in [1.29, 1.82) is 0 Å². The lowest BCUT2D eigenvalue weighted by atomic mass is 10.1. The van der Waals surface area contributed by atoms with Crippen molar-refractivity contribution < 1.29 is 8.81 Å². The smallest absolute Gasteiger partial charge is 0.141 e. The quantitative estimate of drug-likeness (QED) is 0.787. The predicted molar refractivity (Wildman–Crippen MR) is 80.7 cm³/mol. The van der Waals surface area contributed by atoms with E-state index in [-0.39, 0.29) is 11.9 Å². The van der Waals surface area contributed by atoms with Crippen LogP contribution in [0.15, 0.2) is 47.1 Å². The number of pyridine rings is 1. The molecule has 108 valence electrons. The van der Waals surface area contributed by atoms with E-state index in [1.807, 2.05) is 32.0 Å². The van der Waals surface area contributed by atoms with Gasteiger partial charge in [-0.15, -0.1) is 0 Å². The van der Waals surface area contributed by atoms with Crippen LogP contribution in [-0.4, -0.2) is 11.5 Å². The first-order chi connectivity index (χ1) is 10.2. The van der Waals surface area contributed by atoms with Crippen LogP contribution in [0.4, 0.5) is 4.39 Å². The summed E-state index contributed by atoms with van der Waals surface area (Å²) in [5.41, 5.74) is 2.78. The molecule has 0 saturated carbocycles. The number of aromatic nitrogens is 1. The van der Waals surface area contributed by atoms with Gasteiger partial charge in [-0.3, -0.25) is 4.98 Å². The minimum absolute atomic E-state index is 0.203. The molecular formula is C17H17FN2O. The number of halogens is 1. The Morgan fingerprint density at radius 1 is 1.24 bits per heavy atom. The first-order valence-electron chi connectivity index (χ1n) is 7.01. The van der Waals surface area contributed by atoms with Crippen molar-refractivity contribution in [2.24, 2.45) is 0 Å². The molecule has 4 heteroatoms. The fraction of sp³-hybridized carbons (Fsp3) is 0.235. The third-order valence-corrected chi connectivity index (χ3v) is 3.44. The van der Waals surface area contributed by atoms with Gasteiger partial charge in [-0.25, -0.2) is 4.39 Å². The molecule has 0 spiro atoms. The molecule has 1 N–H and O–H groups in total. The highest BCUT2D eigenvalue weighted by molar-refractivity contribution is 5.78. The Hall–Kier alpha value is -2.20. The van der Waals surface area contributed by atoms with Crippen LogP contribution in [0.3, 0.4) is 0 Å². The molecular weight excluding hydrogens is 267 g/mol.